The molecule has 0 radical (unpaired) electrons. The van der Waals surface area contributed by atoms with Crippen LogP contribution in [-0.4, -0.2) is 48.6 Å². The molecule has 0 unspecified atom stereocenters. The molecule has 7 nitrogen and oxygen atoms in total. The minimum absolute atomic E-state index is 0.0164. The summed E-state index contributed by atoms with van der Waals surface area (Å²) in [7, 11) is 1.91. The van der Waals surface area contributed by atoms with E-state index in [0.717, 1.165) is 35.3 Å². The molecular weight excluding hydrogens is 430 g/mol. The van der Waals surface area contributed by atoms with Gasteiger partial charge in [-0.15, -0.1) is 0 Å². The van der Waals surface area contributed by atoms with E-state index in [1.807, 2.05) is 70.3 Å². The summed E-state index contributed by atoms with van der Waals surface area (Å²) in [4.78, 5) is 26.2. The van der Waals surface area contributed by atoms with Crippen molar-refractivity contribution in [1.29, 1.82) is 0 Å². The van der Waals surface area contributed by atoms with Crippen LogP contribution in [0.4, 0.5) is 15.3 Å². The zero-order chi connectivity index (χ0) is 24.7. The number of ether oxygens (including phenoxy) is 1. The second kappa shape index (κ2) is 11.4. The highest BCUT2D eigenvalue weighted by molar-refractivity contribution is 5.93. The molecule has 184 valence electrons. The van der Waals surface area contributed by atoms with Crippen molar-refractivity contribution in [3.05, 3.63) is 54.1 Å². The van der Waals surface area contributed by atoms with Gasteiger partial charge in [-0.3, -0.25) is 4.90 Å². The normalized spacial score (nSPS) is 18.2. The van der Waals surface area contributed by atoms with Gasteiger partial charge >= 0.3 is 12.2 Å². The molecule has 1 fully saturated rings. The zero-order valence-electron chi connectivity index (χ0n) is 20.6. The molecule has 0 saturated heterocycles. The van der Waals surface area contributed by atoms with Gasteiger partial charge in [-0.2, -0.15) is 0 Å². The van der Waals surface area contributed by atoms with Gasteiger partial charge < -0.3 is 20.5 Å². The molecule has 1 aliphatic rings. The third kappa shape index (κ3) is 6.97. The van der Waals surface area contributed by atoms with E-state index in [1.165, 1.54) is 4.90 Å². The quantitative estimate of drug-likeness (QED) is 0.505. The number of nitrogens with one attached hydrogen (secondary N) is 2. The fraction of sp³-hybridized carbons (Fsp3) is 0.481. The van der Waals surface area contributed by atoms with Crippen molar-refractivity contribution >= 4 is 17.9 Å². The monoisotopic (exact) mass is 467 g/mol. The van der Waals surface area contributed by atoms with Gasteiger partial charge in [0.05, 0.1) is 5.69 Å². The predicted octanol–water partition coefficient (Wildman–Crippen LogP) is 5.44. The Morgan fingerprint density at radius 2 is 1.74 bits per heavy atom. The van der Waals surface area contributed by atoms with Crippen molar-refractivity contribution in [2.75, 3.05) is 18.5 Å². The van der Waals surface area contributed by atoms with Crippen LogP contribution in [-0.2, 0) is 11.2 Å². The van der Waals surface area contributed by atoms with E-state index in [2.05, 4.69) is 16.7 Å². The smallest absolute Gasteiger partial charge is 0.412 e. The minimum Gasteiger partial charge on any atom is -0.465 e. The molecule has 0 heterocycles. The lowest BCUT2D eigenvalue weighted by molar-refractivity contribution is 0.0490. The van der Waals surface area contributed by atoms with E-state index in [9.17, 15) is 14.7 Å². The summed E-state index contributed by atoms with van der Waals surface area (Å²) in [5.74, 6) is 0. The lowest BCUT2D eigenvalue weighted by Crippen LogP contribution is -2.47. The number of rotatable bonds is 7. The van der Waals surface area contributed by atoms with Crippen molar-refractivity contribution in [1.82, 2.24) is 10.6 Å². The van der Waals surface area contributed by atoms with Gasteiger partial charge in [0.25, 0.3) is 0 Å². The first-order chi connectivity index (χ1) is 16.2. The first-order valence-corrected chi connectivity index (χ1v) is 12.0. The van der Waals surface area contributed by atoms with Gasteiger partial charge in [-0.1, -0.05) is 42.5 Å². The first-order valence-electron chi connectivity index (χ1n) is 12.0. The molecule has 3 N–H and O–H groups in total. The Bertz CT molecular complexity index is 964. The van der Waals surface area contributed by atoms with Gasteiger partial charge in [0.15, 0.2) is 0 Å². The third-order valence-corrected chi connectivity index (χ3v) is 6.06. The minimum atomic E-state index is -0.952. The van der Waals surface area contributed by atoms with E-state index in [0.29, 0.717) is 25.7 Å². The molecule has 1 saturated carbocycles. The number of carbonyl (C=O) groups is 2. The number of nitrogens with zero attached hydrogens (tertiary/aromatic N) is 1. The second-order valence-corrected chi connectivity index (χ2v) is 9.88. The van der Waals surface area contributed by atoms with Crippen molar-refractivity contribution in [3.8, 4) is 11.1 Å². The molecule has 2 aromatic carbocycles. The SMILES string of the molecule is CNCCc1ccc(-c2ccccc2)c(N(C(=O)O)[C@H]2CC[C@H](NC(=O)OC(C)(C)C)CC2)c1. The third-order valence-electron chi connectivity index (χ3n) is 6.06. The summed E-state index contributed by atoms with van der Waals surface area (Å²) in [5.41, 5.74) is 3.16. The van der Waals surface area contributed by atoms with Crippen LogP contribution in [0.3, 0.4) is 0 Å². The van der Waals surface area contributed by atoms with E-state index in [4.69, 9.17) is 4.74 Å². The van der Waals surface area contributed by atoms with Crippen LogP contribution in [0.25, 0.3) is 11.1 Å². The number of carboxylic acid groups (broad SMARTS) is 1. The average Bonchev–Trinajstić information content (AvgIpc) is 2.78. The van der Waals surface area contributed by atoms with Crippen molar-refractivity contribution in [3.63, 3.8) is 0 Å². The molecule has 0 atom stereocenters. The van der Waals surface area contributed by atoms with Gasteiger partial charge in [-0.25, -0.2) is 9.59 Å². The number of anilines is 1. The maximum atomic E-state index is 12.5. The molecule has 0 spiro atoms. The number of hydrogen-bond donors (Lipinski definition) is 3. The largest absolute Gasteiger partial charge is 0.465 e. The molecule has 2 amide bonds. The molecule has 0 bridgehead atoms. The average molecular weight is 468 g/mol. The zero-order valence-corrected chi connectivity index (χ0v) is 20.6. The van der Waals surface area contributed by atoms with Gasteiger partial charge in [0.1, 0.15) is 5.60 Å². The Balaban J connectivity index is 1.82. The Morgan fingerprint density at radius 3 is 2.32 bits per heavy atom. The van der Waals surface area contributed by atoms with Crippen molar-refractivity contribution in [2.45, 2.75) is 70.6 Å². The maximum absolute atomic E-state index is 12.5. The molecule has 34 heavy (non-hydrogen) atoms. The fourth-order valence-electron chi connectivity index (χ4n) is 4.47. The topological polar surface area (TPSA) is 90.9 Å². The highest BCUT2D eigenvalue weighted by Crippen LogP contribution is 2.36. The highest BCUT2D eigenvalue weighted by Gasteiger charge is 2.32. The number of carbonyl (C=O) groups excluding carboxylic acids is 1. The lowest BCUT2D eigenvalue weighted by Gasteiger charge is -2.36. The molecule has 0 aliphatic heterocycles. The predicted molar refractivity (Wildman–Crippen MR) is 135 cm³/mol. The van der Waals surface area contributed by atoms with E-state index >= 15 is 0 Å². The van der Waals surface area contributed by atoms with Gasteiger partial charge in [0.2, 0.25) is 0 Å². The van der Waals surface area contributed by atoms with Crippen LogP contribution < -0.4 is 15.5 Å². The van der Waals surface area contributed by atoms with Crippen LogP contribution in [0, 0.1) is 0 Å². The lowest BCUT2D eigenvalue weighted by atomic mass is 9.89. The molecule has 7 heteroatoms. The van der Waals surface area contributed by atoms with Gasteiger partial charge in [-0.05, 0) is 83.7 Å². The number of benzene rings is 2. The van der Waals surface area contributed by atoms with E-state index in [1.54, 1.807) is 0 Å². The summed E-state index contributed by atoms with van der Waals surface area (Å²) in [5, 5.41) is 16.4. The number of likely N-dealkylation sites (N-methyl/N-ethyl adjacent to an activating group) is 1. The van der Waals surface area contributed by atoms with E-state index in [-0.39, 0.29) is 12.1 Å². The van der Waals surface area contributed by atoms with Crippen LogP contribution >= 0.6 is 0 Å². The first kappa shape index (κ1) is 25.6. The highest BCUT2D eigenvalue weighted by atomic mass is 16.6. The Labute approximate surface area is 202 Å². The molecule has 3 rings (SSSR count). The Kier molecular flexibility index (Phi) is 8.56. The standard InChI is InChI=1S/C27H37N3O4/c1-27(2,3)34-25(31)29-21-11-13-22(14-12-21)30(26(32)33)24-18-19(16-17-28-4)10-15-23(24)20-8-6-5-7-9-20/h5-10,15,18,21-22,28H,11-14,16-17H2,1-4H3,(H,29,31)(H,32,33)/t21-,22-. The molecule has 0 aromatic heterocycles. The Hall–Kier alpha value is -3.06. The summed E-state index contributed by atoms with van der Waals surface area (Å²) in [6.07, 6.45) is 2.19. The maximum Gasteiger partial charge on any atom is 0.412 e. The summed E-state index contributed by atoms with van der Waals surface area (Å²) < 4.78 is 5.37. The summed E-state index contributed by atoms with van der Waals surface area (Å²) in [6, 6.07) is 15.8. The van der Waals surface area contributed by atoms with Crippen LogP contribution in [0.2, 0.25) is 0 Å². The second-order valence-electron chi connectivity index (χ2n) is 9.88. The van der Waals surface area contributed by atoms with Crippen LogP contribution in [0.5, 0.6) is 0 Å². The molecule has 1 aliphatic carbocycles. The van der Waals surface area contributed by atoms with Crippen molar-refractivity contribution in [2.24, 2.45) is 0 Å². The number of hydrogen-bond acceptors (Lipinski definition) is 4. The van der Waals surface area contributed by atoms with Crippen molar-refractivity contribution < 1.29 is 19.4 Å². The summed E-state index contributed by atoms with van der Waals surface area (Å²) >= 11 is 0. The van der Waals surface area contributed by atoms with Crippen LogP contribution in [0.1, 0.15) is 52.0 Å². The van der Waals surface area contributed by atoms with Gasteiger partial charge in [0, 0.05) is 17.6 Å². The fourth-order valence-corrected chi connectivity index (χ4v) is 4.47. The van der Waals surface area contributed by atoms with Crippen LogP contribution in [0.15, 0.2) is 48.5 Å². The number of alkyl carbamates (subject to hydrolysis) is 1. The summed E-state index contributed by atoms with van der Waals surface area (Å²) in [6.45, 7) is 6.33. The Morgan fingerprint density at radius 1 is 1.06 bits per heavy atom. The van der Waals surface area contributed by atoms with E-state index < -0.39 is 17.8 Å². The number of amides is 2. The molecular formula is C27H37N3O4. The molecule has 2 aromatic rings.